The summed E-state index contributed by atoms with van der Waals surface area (Å²) in [6, 6.07) is 10.2. The van der Waals surface area contributed by atoms with Crippen molar-refractivity contribution in [1.29, 1.82) is 0 Å². The smallest absolute Gasteiger partial charge is 0.0388 e. The lowest BCUT2D eigenvalue weighted by molar-refractivity contribution is 0.337. The van der Waals surface area contributed by atoms with Gasteiger partial charge in [0, 0.05) is 30.9 Å². The zero-order chi connectivity index (χ0) is 15.2. The standard InChI is InChI=1S/C18H31N3/c1-5-11-19-16(3)17-7-9-18(10-8-17)21-13-6-12-20(4)14-15(21)2/h7-10,15-16,19H,5-6,11-14H2,1-4H3. The molecule has 0 spiro atoms. The Bertz CT molecular complexity index is 415. The molecule has 3 nitrogen and oxygen atoms in total. The molecule has 1 aromatic rings. The Hall–Kier alpha value is -1.06. The molecule has 0 saturated carbocycles. The Morgan fingerprint density at radius 2 is 1.95 bits per heavy atom. The predicted molar refractivity (Wildman–Crippen MR) is 92.1 cm³/mol. The van der Waals surface area contributed by atoms with Gasteiger partial charge in [-0.25, -0.2) is 0 Å². The Balaban J connectivity index is 2.03. The maximum Gasteiger partial charge on any atom is 0.0388 e. The van der Waals surface area contributed by atoms with E-state index in [9.17, 15) is 0 Å². The molecule has 118 valence electrons. The minimum Gasteiger partial charge on any atom is -0.367 e. The fourth-order valence-corrected chi connectivity index (χ4v) is 3.19. The van der Waals surface area contributed by atoms with E-state index in [1.54, 1.807) is 0 Å². The van der Waals surface area contributed by atoms with E-state index in [0.717, 1.165) is 19.6 Å². The molecule has 1 aliphatic heterocycles. The number of hydrogen-bond donors (Lipinski definition) is 1. The van der Waals surface area contributed by atoms with Crippen LogP contribution in [0.1, 0.15) is 45.2 Å². The fourth-order valence-electron chi connectivity index (χ4n) is 3.19. The van der Waals surface area contributed by atoms with Crippen molar-refractivity contribution in [3.05, 3.63) is 29.8 Å². The molecule has 1 aromatic carbocycles. The molecule has 1 aliphatic rings. The molecule has 2 atom stereocenters. The number of anilines is 1. The second-order valence-electron chi connectivity index (χ2n) is 6.43. The van der Waals surface area contributed by atoms with Gasteiger partial charge >= 0.3 is 0 Å². The van der Waals surface area contributed by atoms with Crippen LogP contribution in [-0.4, -0.2) is 44.2 Å². The van der Waals surface area contributed by atoms with Crippen LogP contribution in [0.4, 0.5) is 5.69 Å². The van der Waals surface area contributed by atoms with Crippen LogP contribution in [0, 0.1) is 0 Å². The molecule has 1 heterocycles. The van der Waals surface area contributed by atoms with E-state index in [0.29, 0.717) is 12.1 Å². The molecular formula is C18H31N3. The molecule has 0 bridgehead atoms. The van der Waals surface area contributed by atoms with E-state index in [1.807, 2.05) is 0 Å². The molecule has 0 amide bonds. The van der Waals surface area contributed by atoms with Crippen LogP contribution in [0.15, 0.2) is 24.3 Å². The van der Waals surface area contributed by atoms with E-state index in [2.05, 4.69) is 67.2 Å². The average Bonchev–Trinajstić information content (AvgIpc) is 2.65. The lowest BCUT2D eigenvalue weighted by Crippen LogP contribution is -2.37. The van der Waals surface area contributed by atoms with Crippen molar-refractivity contribution in [2.75, 3.05) is 38.1 Å². The van der Waals surface area contributed by atoms with Crippen LogP contribution in [-0.2, 0) is 0 Å². The SMILES string of the molecule is CCCNC(C)c1ccc(N2CCCN(C)CC2C)cc1. The molecule has 0 aromatic heterocycles. The van der Waals surface area contributed by atoms with Crippen LogP contribution < -0.4 is 10.2 Å². The molecule has 3 heteroatoms. The third kappa shape index (κ3) is 4.45. The van der Waals surface area contributed by atoms with E-state index < -0.39 is 0 Å². The van der Waals surface area contributed by atoms with Crippen molar-refractivity contribution in [3.8, 4) is 0 Å². The van der Waals surface area contributed by atoms with E-state index in [4.69, 9.17) is 0 Å². The molecule has 1 saturated heterocycles. The molecular weight excluding hydrogens is 258 g/mol. The van der Waals surface area contributed by atoms with E-state index >= 15 is 0 Å². The van der Waals surface area contributed by atoms with Gasteiger partial charge in [-0.1, -0.05) is 19.1 Å². The summed E-state index contributed by atoms with van der Waals surface area (Å²) in [6.45, 7) is 11.4. The van der Waals surface area contributed by atoms with Crippen molar-refractivity contribution < 1.29 is 0 Å². The van der Waals surface area contributed by atoms with Crippen molar-refractivity contribution in [2.45, 2.75) is 45.7 Å². The van der Waals surface area contributed by atoms with Crippen molar-refractivity contribution >= 4 is 5.69 Å². The fraction of sp³-hybridized carbons (Fsp3) is 0.667. The summed E-state index contributed by atoms with van der Waals surface area (Å²) in [5.74, 6) is 0. The number of rotatable bonds is 5. The summed E-state index contributed by atoms with van der Waals surface area (Å²) >= 11 is 0. The zero-order valence-corrected chi connectivity index (χ0v) is 14.1. The second kappa shape index (κ2) is 7.81. The van der Waals surface area contributed by atoms with Gasteiger partial charge in [-0.15, -0.1) is 0 Å². The summed E-state index contributed by atoms with van der Waals surface area (Å²) in [4.78, 5) is 4.99. The van der Waals surface area contributed by atoms with Gasteiger partial charge in [0.15, 0.2) is 0 Å². The number of likely N-dealkylation sites (N-methyl/N-ethyl adjacent to an activating group) is 1. The van der Waals surface area contributed by atoms with Gasteiger partial charge in [-0.05, 0) is 64.5 Å². The van der Waals surface area contributed by atoms with E-state index in [-0.39, 0.29) is 0 Å². The summed E-state index contributed by atoms with van der Waals surface area (Å²) in [5, 5.41) is 3.55. The van der Waals surface area contributed by atoms with Gasteiger partial charge in [0.2, 0.25) is 0 Å². The van der Waals surface area contributed by atoms with Gasteiger partial charge < -0.3 is 15.1 Å². The largest absolute Gasteiger partial charge is 0.367 e. The van der Waals surface area contributed by atoms with Crippen LogP contribution in [0.25, 0.3) is 0 Å². The van der Waals surface area contributed by atoms with Crippen molar-refractivity contribution in [1.82, 2.24) is 10.2 Å². The lowest BCUT2D eigenvalue weighted by atomic mass is 10.1. The number of nitrogens with zero attached hydrogens (tertiary/aromatic N) is 2. The van der Waals surface area contributed by atoms with Crippen LogP contribution in [0.2, 0.25) is 0 Å². The lowest BCUT2D eigenvalue weighted by Gasteiger charge is -2.30. The van der Waals surface area contributed by atoms with Gasteiger partial charge in [0.25, 0.3) is 0 Å². The first kappa shape index (κ1) is 16.3. The minimum absolute atomic E-state index is 0.437. The Labute approximate surface area is 130 Å². The third-order valence-corrected chi connectivity index (χ3v) is 4.47. The predicted octanol–water partition coefficient (Wildman–Crippen LogP) is 3.28. The summed E-state index contributed by atoms with van der Waals surface area (Å²) < 4.78 is 0. The first-order chi connectivity index (χ1) is 10.1. The third-order valence-electron chi connectivity index (χ3n) is 4.47. The highest BCUT2D eigenvalue weighted by Gasteiger charge is 2.19. The van der Waals surface area contributed by atoms with Gasteiger partial charge in [0.1, 0.15) is 0 Å². The maximum absolute atomic E-state index is 3.55. The second-order valence-corrected chi connectivity index (χ2v) is 6.43. The molecule has 2 unspecified atom stereocenters. The first-order valence-electron chi connectivity index (χ1n) is 8.40. The van der Waals surface area contributed by atoms with Crippen LogP contribution >= 0.6 is 0 Å². The summed E-state index contributed by atoms with van der Waals surface area (Å²) in [7, 11) is 2.23. The van der Waals surface area contributed by atoms with Gasteiger partial charge in [0.05, 0.1) is 0 Å². The molecule has 2 rings (SSSR count). The Kier molecular flexibility index (Phi) is 6.07. The van der Waals surface area contributed by atoms with Crippen LogP contribution in [0.3, 0.4) is 0 Å². The monoisotopic (exact) mass is 289 g/mol. The van der Waals surface area contributed by atoms with Gasteiger partial charge in [-0.2, -0.15) is 0 Å². The highest BCUT2D eigenvalue weighted by molar-refractivity contribution is 5.49. The number of hydrogen-bond acceptors (Lipinski definition) is 3. The average molecular weight is 289 g/mol. The first-order valence-corrected chi connectivity index (χ1v) is 8.40. The number of benzene rings is 1. The van der Waals surface area contributed by atoms with Gasteiger partial charge in [-0.3, -0.25) is 0 Å². The molecule has 0 aliphatic carbocycles. The Morgan fingerprint density at radius 1 is 1.24 bits per heavy atom. The summed E-state index contributed by atoms with van der Waals surface area (Å²) in [6.07, 6.45) is 2.43. The highest BCUT2D eigenvalue weighted by Crippen LogP contribution is 2.23. The Morgan fingerprint density at radius 3 is 2.62 bits per heavy atom. The number of nitrogens with one attached hydrogen (secondary N) is 1. The molecule has 0 radical (unpaired) electrons. The van der Waals surface area contributed by atoms with Crippen molar-refractivity contribution in [3.63, 3.8) is 0 Å². The summed E-state index contributed by atoms with van der Waals surface area (Å²) in [5.41, 5.74) is 2.75. The molecule has 21 heavy (non-hydrogen) atoms. The normalized spacial score (nSPS) is 22.1. The minimum atomic E-state index is 0.437. The highest BCUT2D eigenvalue weighted by atomic mass is 15.2. The molecule has 1 N–H and O–H groups in total. The van der Waals surface area contributed by atoms with E-state index in [1.165, 1.54) is 30.6 Å². The topological polar surface area (TPSA) is 18.5 Å². The maximum atomic E-state index is 3.55. The van der Waals surface area contributed by atoms with Crippen LogP contribution in [0.5, 0.6) is 0 Å². The quantitative estimate of drug-likeness (QED) is 0.897. The molecule has 1 fully saturated rings. The van der Waals surface area contributed by atoms with Crippen molar-refractivity contribution in [2.24, 2.45) is 0 Å². The zero-order valence-electron chi connectivity index (χ0n) is 14.1.